The zero-order valence-electron chi connectivity index (χ0n) is 11.7. The molecule has 0 aromatic rings. The Kier molecular flexibility index (Phi) is 1320. The Morgan fingerprint density at radius 1 is 0.632 bits per heavy atom. The van der Waals surface area contributed by atoms with E-state index < -0.39 is 0 Å². The van der Waals surface area contributed by atoms with Gasteiger partial charge in [0, 0.05) is 65.4 Å². The van der Waals surface area contributed by atoms with Crippen LogP contribution in [0.2, 0.25) is 0 Å². The first-order valence-corrected chi connectivity index (χ1v) is 4.98. The fourth-order valence-electron chi connectivity index (χ4n) is 0. The van der Waals surface area contributed by atoms with Gasteiger partial charge in [-0.15, -0.1) is 0 Å². The van der Waals surface area contributed by atoms with Crippen LogP contribution in [-0.2, 0) is 70.2 Å². The van der Waals surface area contributed by atoms with Gasteiger partial charge in [0.2, 0.25) is 0 Å². The van der Waals surface area contributed by atoms with Gasteiger partial charge in [0.1, 0.15) is 0 Å². The third kappa shape index (κ3) is 767. The number of rotatable bonds is 1. The van der Waals surface area contributed by atoms with Crippen LogP contribution in [-0.4, -0.2) is 6.79 Å². The molecule has 0 heterocycles. The normalized spacial score (nSPS) is 3.37. The summed E-state index contributed by atoms with van der Waals surface area (Å²) in [7, 11) is 0. The molecule has 0 aromatic heterocycles. The van der Waals surface area contributed by atoms with Gasteiger partial charge in [0.15, 0.2) is 0 Å². The van der Waals surface area contributed by atoms with Crippen molar-refractivity contribution in [2.24, 2.45) is 0 Å². The molecule has 1 nitrogen and oxygen atoms in total. The molecule has 0 rings (SSSR count). The van der Waals surface area contributed by atoms with Crippen molar-refractivity contribution >= 4 is 6.79 Å². The molecule has 0 bridgehead atoms. The van der Waals surface area contributed by atoms with Crippen LogP contribution in [0, 0.1) is 13.8 Å². The van der Waals surface area contributed by atoms with Crippen molar-refractivity contribution < 1.29 is 70.2 Å². The van der Waals surface area contributed by atoms with Crippen molar-refractivity contribution in [1.82, 2.24) is 0 Å². The molecule has 3 heteroatoms. The second-order valence-electron chi connectivity index (χ2n) is 1.71. The molecule has 2 radical (unpaired) electrons. The molecule has 0 atom stereocenters. The first kappa shape index (κ1) is 84.5. The average molecular weight is 431 g/mol. The summed E-state index contributed by atoms with van der Waals surface area (Å²) in [4.78, 5) is 7.75. The summed E-state index contributed by atoms with van der Waals surface area (Å²) in [5.74, 6) is 0. The summed E-state index contributed by atoms with van der Waals surface area (Å²) < 4.78 is 0. The number of hydrogen-bond acceptors (Lipinski definition) is 1. The van der Waals surface area contributed by atoms with E-state index in [0.29, 0.717) is 0 Å². The second kappa shape index (κ2) is 298. The van der Waals surface area contributed by atoms with Gasteiger partial charge in [-0.2, -0.15) is 13.8 Å². The Labute approximate surface area is 179 Å². The van der Waals surface area contributed by atoms with Gasteiger partial charge in [0.25, 0.3) is 0 Å². The molecule has 0 N–H and O–H groups in total. The average Bonchev–Trinajstić information content (AvgIpc) is 2.27. The van der Waals surface area contributed by atoms with E-state index in [-0.39, 0.29) is 95.1 Å². The van der Waals surface area contributed by atoms with Crippen molar-refractivity contribution in [3.63, 3.8) is 0 Å². The Hall–Kier alpha value is 1.88. The summed E-state index contributed by atoms with van der Waals surface area (Å²) in [6.07, 6.45) is 3.89. The van der Waals surface area contributed by atoms with Gasteiger partial charge in [-0.05, 0) is 0 Å². The van der Waals surface area contributed by atoms with Crippen molar-refractivity contribution in [1.29, 1.82) is 0 Å². The van der Waals surface area contributed by atoms with Gasteiger partial charge >= 0.3 is 0 Å². The largest absolute Gasteiger partial charge is 0.545 e. The minimum absolute atomic E-state index is 0. The summed E-state index contributed by atoms with van der Waals surface area (Å²) >= 11 is 0. The van der Waals surface area contributed by atoms with Crippen LogP contribution >= 0.6 is 0 Å². The van der Waals surface area contributed by atoms with E-state index in [1.807, 2.05) is 0 Å². The first-order valence-electron chi connectivity index (χ1n) is 4.98. The van der Waals surface area contributed by atoms with E-state index in [4.69, 9.17) is 4.79 Å². The summed E-state index contributed by atoms with van der Waals surface area (Å²) in [6.45, 7) is 21.9. The fourth-order valence-corrected chi connectivity index (χ4v) is 0. The summed E-state index contributed by atoms with van der Waals surface area (Å²) in [6, 6.07) is 0. The topological polar surface area (TPSA) is 17.1 Å². The minimum Gasteiger partial charge on any atom is -0.545 e. The van der Waals surface area contributed by atoms with Crippen molar-refractivity contribution in [2.45, 2.75) is 90.5 Å². The maximum absolute atomic E-state index is 7.75. The summed E-state index contributed by atoms with van der Waals surface area (Å²) in [5, 5.41) is 0. The molecule has 0 spiro atoms. The molecule has 0 saturated carbocycles. The third-order valence-electron chi connectivity index (χ3n) is 0.500. The predicted octanol–water partition coefficient (Wildman–Crippen LogP) is 7.17. The molecule has 0 aliphatic carbocycles. The van der Waals surface area contributed by atoms with E-state index in [9.17, 15) is 0 Å². The monoisotopic (exact) mass is 431 g/mol. The molecule has 0 saturated heterocycles. The van der Waals surface area contributed by atoms with E-state index in [0.717, 1.165) is 0 Å². The quantitative estimate of drug-likeness (QED) is 0.318. The Morgan fingerprint density at radius 2 is 0.684 bits per heavy atom. The molecular formula is C16H45OY2-3. The van der Waals surface area contributed by atoms with Crippen LogP contribution < -0.4 is 0 Å². The van der Waals surface area contributed by atoms with Crippen molar-refractivity contribution in [3.8, 4) is 0 Å². The van der Waals surface area contributed by atoms with E-state index in [1.54, 1.807) is 13.8 Å². The maximum atomic E-state index is 7.75. The Morgan fingerprint density at radius 3 is 0.684 bits per heavy atom. The van der Waals surface area contributed by atoms with Crippen LogP contribution in [0.3, 0.4) is 0 Å². The standard InChI is InChI=1S/C4H10.C3H8.2C2H5.CHO.4CH4.2Y/c1-3-4-2;1-3-2;3*1-2;;;;;;/h3-4H2,1-2H3;3H2,1-2H3;2*1H2,2H3;1H;4*1H4;;/q;;3*-1;;;;;;. The predicted molar refractivity (Wildman–Crippen MR) is 92.3 cm³/mol. The molecule has 0 aliphatic heterocycles. The number of carbonyl (C=O) groups excluding carboxylic acids is 1. The van der Waals surface area contributed by atoms with E-state index in [2.05, 4.69) is 48.3 Å². The van der Waals surface area contributed by atoms with Gasteiger partial charge in [-0.1, -0.05) is 76.7 Å². The Bertz CT molecular complexity index is 28.7. The molecule has 0 aliphatic rings. The van der Waals surface area contributed by atoms with Gasteiger partial charge < -0.3 is 18.6 Å². The third-order valence-corrected chi connectivity index (χ3v) is 0.500. The number of unbranched alkanes of at least 4 members (excludes halogenated alkanes) is 1. The zero-order valence-corrected chi connectivity index (χ0v) is 17.4. The summed E-state index contributed by atoms with van der Waals surface area (Å²) in [5.41, 5.74) is 0. The van der Waals surface area contributed by atoms with Crippen LogP contribution in [0.4, 0.5) is 0 Å². The van der Waals surface area contributed by atoms with Gasteiger partial charge in [-0.25, -0.2) is 0 Å². The van der Waals surface area contributed by atoms with Gasteiger partial charge in [-0.3, -0.25) is 6.79 Å². The second-order valence-corrected chi connectivity index (χ2v) is 1.71. The van der Waals surface area contributed by atoms with Crippen LogP contribution in [0.15, 0.2) is 0 Å². The SMILES string of the molecule is C.C.C.C.CCC.CCCC.[CH-]=O.[CH2-]C.[CH2-]C.[Y].[Y]. The zero-order chi connectivity index (χ0) is 12.1. The molecule has 19 heavy (non-hydrogen) atoms. The molecule has 0 unspecified atom stereocenters. The van der Waals surface area contributed by atoms with Crippen LogP contribution in [0.25, 0.3) is 0 Å². The maximum Gasteiger partial charge on any atom is 0 e. The molecule has 0 aromatic carbocycles. The first-order chi connectivity index (χ1) is 6.33. The fraction of sp³-hybridized carbons (Fsp3) is 0.812. The Balaban J connectivity index is -0.00000000446. The number of hydrogen-bond donors (Lipinski definition) is 0. The van der Waals surface area contributed by atoms with Crippen LogP contribution in [0.5, 0.6) is 0 Å². The molecule has 0 amide bonds. The molecule has 0 fully saturated rings. The van der Waals surface area contributed by atoms with Crippen molar-refractivity contribution in [2.75, 3.05) is 0 Å². The van der Waals surface area contributed by atoms with Crippen molar-refractivity contribution in [3.05, 3.63) is 13.8 Å². The van der Waals surface area contributed by atoms with Gasteiger partial charge in [0.05, 0.1) is 0 Å². The minimum atomic E-state index is 0. The smallest absolute Gasteiger partial charge is 0 e. The van der Waals surface area contributed by atoms with E-state index in [1.165, 1.54) is 19.3 Å². The molecule has 124 valence electrons. The molecular weight excluding hydrogens is 386 g/mol. The van der Waals surface area contributed by atoms with Crippen LogP contribution in [0.1, 0.15) is 90.5 Å². The van der Waals surface area contributed by atoms with E-state index >= 15 is 0 Å².